The van der Waals surface area contributed by atoms with Gasteiger partial charge in [-0.15, -0.1) is 0 Å². The van der Waals surface area contributed by atoms with E-state index in [2.05, 4.69) is 0 Å². The fourth-order valence-corrected chi connectivity index (χ4v) is 3.03. The van der Waals surface area contributed by atoms with Crippen molar-refractivity contribution >= 4 is 11.9 Å². The van der Waals surface area contributed by atoms with Gasteiger partial charge < -0.3 is 14.7 Å². The highest BCUT2D eigenvalue weighted by Gasteiger charge is 2.60. The second-order valence-electron chi connectivity index (χ2n) is 5.67. The Hall–Kier alpha value is -1.10. The van der Waals surface area contributed by atoms with Gasteiger partial charge in [-0.2, -0.15) is 0 Å². The number of aliphatic carboxylic acids is 1. The second-order valence-corrected chi connectivity index (χ2v) is 5.67. The van der Waals surface area contributed by atoms with Crippen LogP contribution in [0, 0.1) is 10.8 Å². The lowest BCUT2D eigenvalue weighted by atomic mass is 9.87. The molecule has 0 radical (unpaired) electrons. The van der Waals surface area contributed by atoms with Crippen molar-refractivity contribution in [1.82, 2.24) is 4.90 Å². The average Bonchev–Trinajstić information content (AvgIpc) is 2.84. The van der Waals surface area contributed by atoms with E-state index in [4.69, 9.17) is 9.84 Å². The van der Waals surface area contributed by atoms with Gasteiger partial charge in [0.25, 0.3) is 0 Å². The second kappa shape index (κ2) is 3.45. The molecule has 5 heteroatoms. The number of carboxylic acids is 1. The van der Waals surface area contributed by atoms with E-state index in [9.17, 15) is 9.59 Å². The summed E-state index contributed by atoms with van der Waals surface area (Å²) in [5, 5.41) is 9.12. The summed E-state index contributed by atoms with van der Waals surface area (Å²) < 4.78 is 5.40. The van der Waals surface area contributed by atoms with E-state index in [1.165, 1.54) is 0 Å². The summed E-state index contributed by atoms with van der Waals surface area (Å²) in [5.74, 6) is -1.13. The predicted molar refractivity (Wildman–Crippen MR) is 58.4 cm³/mol. The van der Waals surface area contributed by atoms with Crippen LogP contribution in [0.25, 0.3) is 0 Å². The highest BCUT2D eigenvalue weighted by Crippen LogP contribution is 2.49. The zero-order valence-electron chi connectivity index (χ0n) is 9.78. The molecule has 1 amide bonds. The van der Waals surface area contributed by atoms with Crippen molar-refractivity contribution in [2.24, 2.45) is 10.8 Å². The lowest BCUT2D eigenvalue weighted by molar-refractivity contribution is -0.153. The smallest absolute Gasteiger partial charge is 0.319 e. The van der Waals surface area contributed by atoms with Crippen LogP contribution in [0.1, 0.15) is 25.7 Å². The first kappa shape index (κ1) is 11.0. The zero-order chi connectivity index (χ0) is 12.1. The number of nitrogens with zero attached hydrogens (tertiary/aromatic N) is 1. The fraction of sp³-hybridized carbons (Fsp3) is 0.833. The molecule has 17 heavy (non-hydrogen) atoms. The number of carboxylic acid groups (broad SMARTS) is 1. The summed E-state index contributed by atoms with van der Waals surface area (Å²) in [7, 11) is 0. The Bertz CT molecular complexity index is 369. The number of carbonyl (C=O) groups is 2. The molecule has 2 saturated heterocycles. The monoisotopic (exact) mass is 239 g/mol. The van der Waals surface area contributed by atoms with E-state index in [-0.39, 0.29) is 11.3 Å². The molecule has 0 aromatic rings. The number of likely N-dealkylation sites (tertiary alicyclic amines) is 1. The number of ether oxygens (including phenoxy) is 1. The molecule has 2 heterocycles. The van der Waals surface area contributed by atoms with Crippen LogP contribution in [0.5, 0.6) is 0 Å². The Morgan fingerprint density at radius 1 is 1.18 bits per heavy atom. The quantitative estimate of drug-likeness (QED) is 0.712. The number of hydrogen-bond acceptors (Lipinski definition) is 3. The summed E-state index contributed by atoms with van der Waals surface area (Å²) in [4.78, 5) is 25.1. The van der Waals surface area contributed by atoms with Gasteiger partial charge in [-0.05, 0) is 25.7 Å². The molecule has 0 aromatic heterocycles. The SMILES string of the molecule is O=C(O)C1(C(=O)N2CCC3(CCOC3)C2)CC1. The van der Waals surface area contributed by atoms with Crippen LogP contribution in [0.15, 0.2) is 0 Å². The first-order chi connectivity index (χ1) is 8.08. The van der Waals surface area contributed by atoms with Crippen LogP contribution in [-0.4, -0.2) is 48.2 Å². The van der Waals surface area contributed by atoms with E-state index in [1.807, 2.05) is 0 Å². The Kier molecular flexibility index (Phi) is 2.23. The summed E-state index contributed by atoms with van der Waals surface area (Å²) in [6, 6.07) is 0. The Morgan fingerprint density at radius 2 is 1.94 bits per heavy atom. The molecule has 0 aromatic carbocycles. The lowest BCUT2D eigenvalue weighted by Gasteiger charge is -2.24. The summed E-state index contributed by atoms with van der Waals surface area (Å²) >= 11 is 0. The molecule has 1 saturated carbocycles. The van der Waals surface area contributed by atoms with Crippen molar-refractivity contribution in [3.63, 3.8) is 0 Å². The maximum absolute atomic E-state index is 12.2. The van der Waals surface area contributed by atoms with Crippen molar-refractivity contribution < 1.29 is 19.4 Å². The van der Waals surface area contributed by atoms with Crippen LogP contribution < -0.4 is 0 Å². The van der Waals surface area contributed by atoms with Gasteiger partial charge in [0.1, 0.15) is 5.41 Å². The topological polar surface area (TPSA) is 66.8 Å². The molecule has 1 atom stereocenters. The van der Waals surface area contributed by atoms with Gasteiger partial charge in [0.15, 0.2) is 0 Å². The van der Waals surface area contributed by atoms with Crippen LogP contribution in [0.2, 0.25) is 0 Å². The first-order valence-corrected chi connectivity index (χ1v) is 6.19. The Morgan fingerprint density at radius 3 is 2.47 bits per heavy atom. The zero-order valence-corrected chi connectivity index (χ0v) is 9.78. The van der Waals surface area contributed by atoms with Crippen molar-refractivity contribution in [3.8, 4) is 0 Å². The molecule has 1 unspecified atom stereocenters. The highest BCUT2D eigenvalue weighted by atomic mass is 16.5. The maximum Gasteiger partial charge on any atom is 0.319 e. The van der Waals surface area contributed by atoms with E-state index in [0.29, 0.717) is 25.9 Å². The van der Waals surface area contributed by atoms with E-state index in [0.717, 1.165) is 26.1 Å². The van der Waals surface area contributed by atoms with Gasteiger partial charge in [0.05, 0.1) is 6.61 Å². The molecular weight excluding hydrogens is 222 g/mol. The largest absolute Gasteiger partial charge is 0.480 e. The number of carbonyl (C=O) groups excluding carboxylic acids is 1. The molecule has 1 aliphatic carbocycles. The normalized spacial score (nSPS) is 34.2. The molecule has 1 N–H and O–H groups in total. The molecule has 5 nitrogen and oxygen atoms in total. The molecule has 3 rings (SSSR count). The molecule has 94 valence electrons. The van der Waals surface area contributed by atoms with Gasteiger partial charge in [-0.25, -0.2) is 0 Å². The predicted octanol–water partition coefficient (Wildman–Crippen LogP) is 0.490. The third-order valence-electron chi connectivity index (χ3n) is 4.48. The minimum Gasteiger partial charge on any atom is -0.480 e. The summed E-state index contributed by atoms with van der Waals surface area (Å²) in [6.07, 6.45) is 2.95. The minimum atomic E-state index is -1.08. The Balaban J connectivity index is 1.71. The molecule has 0 bridgehead atoms. The Labute approximate surface area is 99.7 Å². The van der Waals surface area contributed by atoms with Crippen molar-refractivity contribution in [1.29, 1.82) is 0 Å². The minimum absolute atomic E-state index is 0.115. The number of rotatable bonds is 2. The third-order valence-corrected chi connectivity index (χ3v) is 4.48. The van der Waals surface area contributed by atoms with Gasteiger partial charge in [-0.1, -0.05) is 0 Å². The van der Waals surface area contributed by atoms with Gasteiger partial charge in [-0.3, -0.25) is 9.59 Å². The van der Waals surface area contributed by atoms with Crippen LogP contribution in [0.4, 0.5) is 0 Å². The first-order valence-electron chi connectivity index (χ1n) is 6.19. The van der Waals surface area contributed by atoms with Crippen LogP contribution >= 0.6 is 0 Å². The molecule has 3 aliphatic rings. The van der Waals surface area contributed by atoms with Crippen LogP contribution in [0.3, 0.4) is 0 Å². The standard InChI is InChI=1S/C12H17NO4/c14-9(12(1-2-12)10(15)16)13-5-3-11(7-13)4-6-17-8-11/h1-8H2,(H,15,16). The van der Waals surface area contributed by atoms with Crippen molar-refractivity contribution in [2.75, 3.05) is 26.3 Å². The third kappa shape index (κ3) is 1.56. The molecule has 3 fully saturated rings. The van der Waals surface area contributed by atoms with Gasteiger partial charge in [0, 0.05) is 25.1 Å². The molecular formula is C12H17NO4. The maximum atomic E-state index is 12.2. The highest BCUT2D eigenvalue weighted by molar-refractivity contribution is 6.04. The van der Waals surface area contributed by atoms with Crippen molar-refractivity contribution in [2.45, 2.75) is 25.7 Å². The van der Waals surface area contributed by atoms with Crippen LogP contribution in [-0.2, 0) is 14.3 Å². The lowest BCUT2D eigenvalue weighted by Crippen LogP contribution is -2.40. The number of amides is 1. The average molecular weight is 239 g/mol. The summed E-state index contributed by atoms with van der Waals surface area (Å²) in [6.45, 7) is 2.86. The van der Waals surface area contributed by atoms with Crippen molar-refractivity contribution in [3.05, 3.63) is 0 Å². The van der Waals surface area contributed by atoms with E-state index in [1.54, 1.807) is 4.90 Å². The fourth-order valence-electron chi connectivity index (χ4n) is 3.03. The van der Waals surface area contributed by atoms with E-state index >= 15 is 0 Å². The number of hydrogen-bond donors (Lipinski definition) is 1. The van der Waals surface area contributed by atoms with E-state index < -0.39 is 11.4 Å². The van der Waals surface area contributed by atoms with Gasteiger partial charge >= 0.3 is 5.97 Å². The summed E-state index contributed by atoms with van der Waals surface area (Å²) in [5.41, 5.74) is -0.963. The van der Waals surface area contributed by atoms with Gasteiger partial charge in [0.2, 0.25) is 5.91 Å². The molecule has 1 spiro atoms. The molecule has 2 aliphatic heterocycles.